The molecule has 1 saturated heterocycles. The van der Waals surface area contributed by atoms with Crippen molar-refractivity contribution in [1.82, 2.24) is 25.0 Å². The predicted molar refractivity (Wildman–Crippen MR) is 105 cm³/mol. The highest BCUT2D eigenvalue weighted by Crippen LogP contribution is 2.43. The topological polar surface area (TPSA) is 63.1 Å². The fourth-order valence-corrected chi connectivity index (χ4v) is 5.88. The number of amides is 1. The number of carbonyl (C=O) groups is 1. The Morgan fingerprint density at radius 1 is 1.19 bits per heavy atom. The van der Waals surface area contributed by atoms with Gasteiger partial charge in [0.25, 0.3) is 0 Å². The normalized spacial score (nSPS) is 28.8. The fraction of sp³-hybridized carbons (Fsp3) is 0.857. The summed E-state index contributed by atoms with van der Waals surface area (Å²) in [5.74, 6) is 4.32. The molecule has 1 N–H and O–H groups in total. The molecule has 0 spiro atoms. The Bertz CT molecular complexity index is 674. The van der Waals surface area contributed by atoms with E-state index in [1.54, 1.807) is 0 Å². The summed E-state index contributed by atoms with van der Waals surface area (Å²) in [7, 11) is 0. The van der Waals surface area contributed by atoms with Gasteiger partial charge in [-0.15, -0.1) is 10.2 Å². The second kappa shape index (κ2) is 7.53. The molecule has 1 aromatic heterocycles. The van der Waals surface area contributed by atoms with E-state index in [1.165, 1.54) is 19.3 Å². The summed E-state index contributed by atoms with van der Waals surface area (Å²) in [4.78, 5) is 15.0. The van der Waals surface area contributed by atoms with Gasteiger partial charge in [-0.2, -0.15) is 0 Å². The van der Waals surface area contributed by atoms with Gasteiger partial charge >= 0.3 is 0 Å². The van der Waals surface area contributed by atoms with Crippen LogP contribution in [0, 0.1) is 17.3 Å². The number of rotatable bonds is 3. The minimum Gasteiger partial charge on any atom is -0.343 e. The molecular formula is C21H35N5O. The number of piperidine rings is 1. The number of hydrogen-bond donors (Lipinski definition) is 1. The molecule has 3 aliphatic rings. The van der Waals surface area contributed by atoms with Crippen molar-refractivity contribution in [3.63, 3.8) is 0 Å². The zero-order valence-corrected chi connectivity index (χ0v) is 17.2. The van der Waals surface area contributed by atoms with E-state index in [0.29, 0.717) is 23.2 Å². The van der Waals surface area contributed by atoms with Crippen LogP contribution in [0.15, 0.2) is 0 Å². The lowest BCUT2D eigenvalue weighted by molar-refractivity contribution is -0.134. The van der Waals surface area contributed by atoms with E-state index in [0.717, 1.165) is 69.6 Å². The molecule has 1 aliphatic carbocycles. The first kappa shape index (κ1) is 18.9. The van der Waals surface area contributed by atoms with Crippen molar-refractivity contribution in [2.45, 2.75) is 78.3 Å². The van der Waals surface area contributed by atoms with Gasteiger partial charge in [-0.25, -0.2) is 0 Å². The number of carbonyl (C=O) groups excluding carboxylic acids is 1. The maximum absolute atomic E-state index is 12.9. The molecular weight excluding hydrogens is 338 g/mol. The van der Waals surface area contributed by atoms with Gasteiger partial charge < -0.3 is 14.8 Å². The monoisotopic (exact) mass is 373 g/mol. The molecule has 3 heterocycles. The molecule has 1 aromatic rings. The summed E-state index contributed by atoms with van der Waals surface area (Å²) in [6, 6.07) is 0. The third-order valence-corrected chi connectivity index (χ3v) is 6.81. The molecule has 150 valence electrons. The standard InChI is InChI=1S/C21H35N5O/c1-15-10-16(13-21(2,3)12-15)11-19(27)25-7-4-17(5-8-25)20-24-23-18-14-22-6-9-26(18)20/h15-17,22H,4-14H2,1-3H3. The van der Waals surface area contributed by atoms with Crippen molar-refractivity contribution in [2.75, 3.05) is 19.6 Å². The summed E-state index contributed by atoms with van der Waals surface area (Å²) in [5, 5.41) is 12.2. The van der Waals surface area contributed by atoms with Crippen molar-refractivity contribution in [2.24, 2.45) is 17.3 Å². The Balaban J connectivity index is 1.31. The third kappa shape index (κ3) is 4.20. The molecule has 1 amide bonds. The molecule has 0 bridgehead atoms. The summed E-state index contributed by atoms with van der Waals surface area (Å²) >= 11 is 0. The number of likely N-dealkylation sites (tertiary alicyclic amines) is 1. The molecule has 6 heteroatoms. The fourth-order valence-electron chi connectivity index (χ4n) is 5.88. The van der Waals surface area contributed by atoms with Crippen LogP contribution in [0.4, 0.5) is 0 Å². The molecule has 0 aromatic carbocycles. The highest BCUT2D eigenvalue weighted by atomic mass is 16.2. The Hall–Kier alpha value is -1.43. The molecule has 27 heavy (non-hydrogen) atoms. The van der Waals surface area contributed by atoms with Gasteiger partial charge in [-0.1, -0.05) is 20.8 Å². The van der Waals surface area contributed by atoms with E-state index in [-0.39, 0.29) is 0 Å². The second-order valence-electron chi connectivity index (χ2n) is 9.94. The van der Waals surface area contributed by atoms with Gasteiger partial charge in [0.1, 0.15) is 11.6 Å². The minimum absolute atomic E-state index is 0.371. The average Bonchev–Trinajstić information content (AvgIpc) is 3.04. The molecule has 0 radical (unpaired) electrons. The molecule has 6 nitrogen and oxygen atoms in total. The summed E-state index contributed by atoms with van der Waals surface area (Å²) in [6.45, 7) is 11.6. The first-order chi connectivity index (χ1) is 12.9. The highest BCUT2D eigenvalue weighted by Gasteiger charge is 2.35. The first-order valence-corrected chi connectivity index (χ1v) is 10.8. The van der Waals surface area contributed by atoms with Gasteiger partial charge in [-0.3, -0.25) is 4.79 Å². The van der Waals surface area contributed by atoms with Crippen LogP contribution in [0.1, 0.15) is 76.9 Å². The number of nitrogens with zero attached hydrogens (tertiary/aromatic N) is 4. The maximum atomic E-state index is 12.9. The van der Waals surface area contributed by atoms with Gasteiger partial charge in [0.15, 0.2) is 0 Å². The Morgan fingerprint density at radius 3 is 2.70 bits per heavy atom. The number of fused-ring (bicyclic) bond motifs is 1. The summed E-state index contributed by atoms with van der Waals surface area (Å²) in [5.41, 5.74) is 0.386. The second-order valence-corrected chi connectivity index (χ2v) is 9.94. The van der Waals surface area contributed by atoms with Crippen LogP contribution < -0.4 is 5.32 Å². The number of aromatic nitrogens is 3. The van der Waals surface area contributed by atoms with Crippen molar-refractivity contribution in [1.29, 1.82) is 0 Å². The lowest BCUT2D eigenvalue weighted by Crippen LogP contribution is -2.40. The molecule has 2 unspecified atom stereocenters. The van der Waals surface area contributed by atoms with Crippen LogP contribution in [-0.4, -0.2) is 45.2 Å². The maximum Gasteiger partial charge on any atom is 0.222 e. The number of nitrogens with one attached hydrogen (secondary N) is 1. The zero-order valence-electron chi connectivity index (χ0n) is 17.2. The first-order valence-electron chi connectivity index (χ1n) is 10.8. The Kier molecular flexibility index (Phi) is 5.28. The summed E-state index contributed by atoms with van der Waals surface area (Å²) in [6.07, 6.45) is 6.48. The zero-order chi connectivity index (χ0) is 19.0. The molecule has 1 saturated carbocycles. The average molecular weight is 374 g/mol. The van der Waals surface area contributed by atoms with Crippen LogP contribution in [0.25, 0.3) is 0 Å². The van der Waals surface area contributed by atoms with Crippen molar-refractivity contribution in [3.05, 3.63) is 11.6 Å². The molecule has 2 aliphatic heterocycles. The van der Waals surface area contributed by atoms with Crippen LogP contribution in [0.3, 0.4) is 0 Å². The van der Waals surface area contributed by atoms with E-state index in [9.17, 15) is 4.79 Å². The molecule has 2 fully saturated rings. The van der Waals surface area contributed by atoms with E-state index in [1.807, 2.05) is 0 Å². The van der Waals surface area contributed by atoms with Gasteiger partial charge in [-0.05, 0) is 49.4 Å². The van der Waals surface area contributed by atoms with E-state index in [2.05, 4.69) is 45.8 Å². The lowest BCUT2D eigenvalue weighted by Gasteiger charge is -2.40. The quantitative estimate of drug-likeness (QED) is 0.885. The summed E-state index contributed by atoms with van der Waals surface area (Å²) < 4.78 is 2.30. The predicted octanol–water partition coefficient (Wildman–Crippen LogP) is 2.94. The number of hydrogen-bond acceptors (Lipinski definition) is 4. The van der Waals surface area contributed by atoms with Crippen molar-refractivity contribution in [3.8, 4) is 0 Å². The molecule has 2 atom stereocenters. The highest BCUT2D eigenvalue weighted by molar-refractivity contribution is 5.76. The van der Waals surface area contributed by atoms with E-state index in [4.69, 9.17) is 0 Å². The lowest BCUT2D eigenvalue weighted by atomic mass is 9.67. The minimum atomic E-state index is 0.371. The van der Waals surface area contributed by atoms with Crippen LogP contribution in [0.2, 0.25) is 0 Å². The Morgan fingerprint density at radius 2 is 1.96 bits per heavy atom. The van der Waals surface area contributed by atoms with E-state index < -0.39 is 0 Å². The van der Waals surface area contributed by atoms with Crippen molar-refractivity contribution < 1.29 is 4.79 Å². The smallest absolute Gasteiger partial charge is 0.222 e. The van der Waals surface area contributed by atoms with Gasteiger partial charge in [0, 0.05) is 38.5 Å². The molecule has 4 rings (SSSR count). The SMILES string of the molecule is CC1CC(CC(=O)N2CCC(c3nnc4n3CCNC4)CC2)CC(C)(C)C1. The van der Waals surface area contributed by atoms with Crippen LogP contribution >= 0.6 is 0 Å². The van der Waals surface area contributed by atoms with Gasteiger partial charge in [0.05, 0.1) is 6.54 Å². The third-order valence-electron chi connectivity index (χ3n) is 6.81. The van der Waals surface area contributed by atoms with Crippen LogP contribution in [-0.2, 0) is 17.9 Å². The largest absolute Gasteiger partial charge is 0.343 e. The van der Waals surface area contributed by atoms with Crippen LogP contribution in [0.5, 0.6) is 0 Å². The van der Waals surface area contributed by atoms with Crippen molar-refractivity contribution >= 4 is 5.91 Å². The van der Waals surface area contributed by atoms with E-state index >= 15 is 0 Å². The van der Waals surface area contributed by atoms with Gasteiger partial charge in [0.2, 0.25) is 5.91 Å². The Labute approximate surface area is 163 Å².